The largest absolute Gasteiger partial charge is 0.496 e. The molecule has 0 saturated carbocycles. The van der Waals surface area contributed by atoms with Crippen LogP contribution in [-0.2, 0) is 16.0 Å². The molecule has 0 saturated heterocycles. The minimum absolute atomic E-state index is 0.427. The molecule has 0 atom stereocenters. The second kappa shape index (κ2) is 6.19. The second-order valence-electron chi connectivity index (χ2n) is 4.34. The lowest BCUT2D eigenvalue weighted by atomic mass is 10.1. The molecule has 0 aliphatic rings. The van der Waals surface area contributed by atoms with Gasteiger partial charge >= 0.3 is 0 Å². The zero-order valence-electron chi connectivity index (χ0n) is 11.3. The number of ketones is 1. The van der Waals surface area contributed by atoms with Crippen molar-refractivity contribution in [2.24, 2.45) is 0 Å². The van der Waals surface area contributed by atoms with E-state index in [-0.39, 0.29) is 0 Å². The van der Waals surface area contributed by atoms with Crippen LogP contribution >= 0.6 is 0 Å². The summed E-state index contributed by atoms with van der Waals surface area (Å²) in [5.74, 6) is -0.0180. The van der Waals surface area contributed by atoms with Crippen molar-refractivity contribution in [2.75, 3.05) is 20.7 Å². The van der Waals surface area contributed by atoms with Gasteiger partial charge in [-0.05, 0) is 30.5 Å². The normalized spacial score (nSPS) is 10.0. The number of amides is 1. The molecule has 0 radical (unpaired) electrons. The predicted octanol–water partition coefficient (Wildman–Crippen LogP) is 1.59. The van der Waals surface area contributed by atoms with E-state index >= 15 is 0 Å². The number of carbonyl (C=O) groups excluding carboxylic acids is 2. The maximum Gasteiger partial charge on any atom is 0.289 e. The van der Waals surface area contributed by atoms with Gasteiger partial charge in [0.2, 0.25) is 5.78 Å². The molecule has 4 heteroatoms. The number of aryl methyl sites for hydroxylation is 1. The van der Waals surface area contributed by atoms with Gasteiger partial charge in [0.05, 0.1) is 7.11 Å². The molecule has 0 spiro atoms. The van der Waals surface area contributed by atoms with Gasteiger partial charge in [-0.3, -0.25) is 9.59 Å². The minimum atomic E-state index is -0.444. The maximum atomic E-state index is 11.4. The van der Waals surface area contributed by atoms with Crippen molar-refractivity contribution in [3.05, 3.63) is 29.3 Å². The molecule has 4 nitrogen and oxygen atoms in total. The number of likely N-dealkylation sites (N-methyl/N-ethyl adjacent to an activating group) is 1. The van der Waals surface area contributed by atoms with Gasteiger partial charge in [0.25, 0.3) is 5.91 Å². The summed E-state index contributed by atoms with van der Waals surface area (Å²) in [5.41, 5.74) is 2.19. The SMILES string of the molecule is COc1ccc(CCN(C)C(=O)C(C)=O)cc1C. The summed E-state index contributed by atoms with van der Waals surface area (Å²) < 4.78 is 5.19. The molecule has 1 aromatic rings. The highest BCUT2D eigenvalue weighted by molar-refractivity contribution is 6.34. The fraction of sp³-hybridized carbons (Fsp3) is 0.429. The van der Waals surface area contributed by atoms with Gasteiger partial charge in [0, 0.05) is 20.5 Å². The van der Waals surface area contributed by atoms with Crippen LogP contribution in [0.4, 0.5) is 0 Å². The summed E-state index contributed by atoms with van der Waals surface area (Å²) in [7, 11) is 3.28. The number of benzene rings is 1. The van der Waals surface area contributed by atoms with Gasteiger partial charge < -0.3 is 9.64 Å². The van der Waals surface area contributed by atoms with Crippen LogP contribution in [-0.4, -0.2) is 37.3 Å². The lowest BCUT2D eigenvalue weighted by Gasteiger charge is -2.15. The van der Waals surface area contributed by atoms with Crippen LogP contribution in [0.5, 0.6) is 5.75 Å². The summed E-state index contributed by atoms with van der Waals surface area (Å²) in [6.45, 7) is 3.80. The molecule has 0 aliphatic carbocycles. The number of Topliss-reactive ketones (excluding diaryl/α,β-unsaturated/α-hetero) is 1. The molecule has 1 rings (SSSR count). The van der Waals surface area contributed by atoms with E-state index in [2.05, 4.69) is 0 Å². The average Bonchev–Trinajstić information content (AvgIpc) is 2.35. The van der Waals surface area contributed by atoms with E-state index in [9.17, 15) is 9.59 Å². The molecule has 18 heavy (non-hydrogen) atoms. The van der Waals surface area contributed by atoms with Gasteiger partial charge in [-0.2, -0.15) is 0 Å². The number of methoxy groups -OCH3 is 1. The van der Waals surface area contributed by atoms with Crippen LogP contribution in [0.25, 0.3) is 0 Å². The predicted molar refractivity (Wildman–Crippen MR) is 69.8 cm³/mol. The van der Waals surface area contributed by atoms with Crippen LogP contribution in [0.2, 0.25) is 0 Å². The van der Waals surface area contributed by atoms with Crippen LogP contribution < -0.4 is 4.74 Å². The molecule has 98 valence electrons. The number of hydrogen-bond acceptors (Lipinski definition) is 3. The van der Waals surface area contributed by atoms with Crippen molar-refractivity contribution >= 4 is 11.7 Å². The highest BCUT2D eigenvalue weighted by Gasteiger charge is 2.13. The zero-order valence-corrected chi connectivity index (χ0v) is 11.3. The van der Waals surface area contributed by atoms with E-state index < -0.39 is 11.7 Å². The Hall–Kier alpha value is -1.84. The van der Waals surface area contributed by atoms with Gasteiger partial charge in [0.15, 0.2) is 0 Å². The van der Waals surface area contributed by atoms with Crippen molar-refractivity contribution in [3.8, 4) is 5.75 Å². The second-order valence-corrected chi connectivity index (χ2v) is 4.34. The van der Waals surface area contributed by atoms with Crippen LogP contribution in [0, 0.1) is 6.92 Å². The monoisotopic (exact) mass is 249 g/mol. The van der Waals surface area contributed by atoms with Crippen molar-refractivity contribution in [1.29, 1.82) is 0 Å². The topological polar surface area (TPSA) is 46.6 Å². The number of carbonyl (C=O) groups is 2. The number of ether oxygens (including phenoxy) is 1. The van der Waals surface area contributed by atoms with Crippen molar-refractivity contribution in [3.63, 3.8) is 0 Å². The third-order valence-corrected chi connectivity index (χ3v) is 2.84. The lowest BCUT2D eigenvalue weighted by molar-refractivity contribution is -0.142. The maximum absolute atomic E-state index is 11.4. The fourth-order valence-electron chi connectivity index (χ4n) is 1.76. The Bertz CT molecular complexity index is 454. The van der Waals surface area contributed by atoms with E-state index in [1.54, 1.807) is 14.2 Å². The van der Waals surface area contributed by atoms with E-state index in [0.717, 1.165) is 23.3 Å². The Morgan fingerprint density at radius 1 is 1.33 bits per heavy atom. The van der Waals surface area contributed by atoms with Gasteiger partial charge in [-0.25, -0.2) is 0 Å². The standard InChI is InChI=1S/C14H19NO3/c1-10-9-12(5-6-13(10)18-4)7-8-15(3)14(17)11(2)16/h5-6,9H,7-8H2,1-4H3. The Labute approximate surface area is 108 Å². The third kappa shape index (κ3) is 3.58. The number of hydrogen-bond donors (Lipinski definition) is 0. The Balaban J connectivity index is 2.61. The van der Waals surface area contributed by atoms with Crippen LogP contribution in [0.3, 0.4) is 0 Å². The van der Waals surface area contributed by atoms with Gasteiger partial charge in [-0.15, -0.1) is 0 Å². The molecule has 0 fully saturated rings. The molecule has 1 amide bonds. The first kappa shape index (κ1) is 14.2. The van der Waals surface area contributed by atoms with Crippen LogP contribution in [0.15, 0.2) is 18.2 Å². The Kier molecular flexibility index (Phi) is 4.89. The average molecular weight is 249 g/mol. The van der Waals surface area contributed by atoms with E-state index in [4.69, 9.17) is 4.74 Å². The molecule has 0 N–H and O–H groups in total. The Morgan fingerprint density at radius 3 is 2.50 bits per heavy atom. The number of nitrogens with zero attached hydrogens (tertiary/aromatic N) is 1. The first-order valence-electron chi connectivity index (χ1n) is 5.85. The Morgan fingerprint density at radius 2 is 2.00 bits per heavy atom. The molecule has 0 bridgehead atoms. The van der Waals surface area contributed by atoms with E-state index in [0.29, 0.717) is 6.54 Å². The summed E-state index contributed by atoms with van der Waals surface area (Å²) in [6, 6.07) is 5.92. The number of rotatable bonds is 5. The van der Waals surface area contributed by atoms with Gasteiger partial charge in [-0.1, -0.05) is 12.1 Å². The van der Waals surface area contributed by atoms with Crippen LogP contribution in [0.1, 0.15) is 18.1 Å². The third-order valence-electron chi connectivity index (χ3n) is 2.84. The van der Waals surface area contributed by atoms with Crippen molar-refractivity contribution in [1.82, 2.24) is 4.90 Å². The lowest BCUT2D eigenvalue weighted by Crippen LogP contribution is -2.33. The fourth-order valence-corrected chi connectivity index (χ4v) is 1.76. The minimum Gasteiger partial charge on any atom is -0.496 e. The van der Waals surface area contributed by atoms with Gasteiger partial charge in [0.1, 0.15) is 5.75 Å². The van der Waals surface area contributed by atoms with Crippen molar-refractivity contribution in [2.45, 2.75) is 20.3 Å². The first-order valence-corrected chi connectivity index (χ1v) is 5.85. The van der Waals surface area contributed by atoms with E-state index in [1.807, 2.05) is 25.1 Å². The molecule has 1 aromatic carbocycles. The molecule has 0 aliphatic heterocycles. The molecular formula is C14H19NO3. The smallest absolute Gasteiger partial charge is 0.289 e. The highest BCUT2D eigenvalue weighted by Crippen LogP contribution is 2.18. The molecule has 0 aromatic heterocycles. The highest BCUT2D eigenvalue weighted by atomic mass is 16.5. The van der Waals surface area contributed by atoms with E-state index in [1.165, 1.54) is 11.8 Å². The molecule has 0 unspecified atom stereocenters. The quantitative estimate of drug-likeness (QED) is 0.745. The summed E-state index contributed by atoms with van der Waals surface area (Å²) >= 11 is 0. The summed E-state index contributed by atoms with van der Waals surface area (Å²) in [4.78, 5) is 23.8. The first-order chi connectivity index (χ1) is 8.45. The summed E-state index contributed by atoms with van der Waals surface area (Å²) in [6.07, 6.45) is 0.723. The summed E-state index contributed by atoms with van der Waals surface area (Å²) in [5, 5.41) is 0. The zero-order chi connectivity index (χ0) is 13.7. The molecular weight excluding hydrogens is 230 g/mol. The van der Waals surface area contributed by atoms with Crippen molar-refractivity contribution < 1.29 is 14.3 Å². The molecule has 0 heterocycles.